The molecular formula is C13H18N2O2. The summed E-state index contributed by atoms with van der Waals surface area (Å²) in [6, 6.07) is 5.23. The highest BCUT2D eigenvalue weighted by molar-refractivity contribution is 5.94. The van der Waals surface area contributed by atoms with Gasteiger partial charge in [-0.2, -0.15) is 0 Å². The topological polar surface area (TPSA) is 66.6 Å². The zero-order valence-corrected chi connectivity index (χ0v) is 10.2. The second-order valence-electron chi connectivity index (χ2n) is 5.41. The Bertz CT molecular complexity index is 455. The van der Waals surface area contributed by atoms with Crippen molar-refractivity contribution in [3.05, 3.63) is 23.8 Å². The van der Waals surface area contributed by atoms with E-state index in [1.165, 1.54) is 0 Å². The van der Waals surface area contributed by atoms with Crippen molar-refractivity contribution in [2.24, 2.45) is 5.41 Å². The molecule has 1 aliphatic heterocycles. The smallest absolute Gasteiger partial charge is 0.337 e. The largest absolute Gasteiger partial charge is 0.478 e. The number of carboxylic acid groups (broad SMARTS) is 1. The summed E-state index contributed by atoms with van der Waals surface area (Å²) >= 11 is 0. The van der Waals surface area contributed by atoms with Gasteiger partial charge in [0.15, 0.2) is 0 Å². The first-order valence-electron chi connectivity index (χ1n) is 5.77. The normalized spacial score (nSPS) is 18.4. The number of hydrogen-bond donors (Lipinski definition) is 2. The minimum Gasteiger partial charge on any atom is -0.478 e. The maximum Gasteiger partial charge on any atom is 0.337 e. The molecule has 1 fully saturated rings. The Hall–Kier alpha value is -1.71. The van der Waals surface area contributed by atoms with E-state index in [-0.39, 0.29) is 5.56 Å². The highest BCUT2D eigenvalue weighted by atomic mass is 16.4. The van der Waals surface area contributed by atoms with Crippen LogP contribution in [0.5, 0.6) is 0 Å². The Labute approximate surface area is 101 Å². The van der Waals surface area contributed by atoms with Gasteiger partial charge in [0.2, 0.25) is 0 Å². The lowest BCUT2D eigenvalue weighted by Gasteiger charge is -2.22. The van der Waals surface area contributed by atoms with Gasteiger partial charge in [0, 0.05) is 24.5 Å². The molecule has 0 atom stereocenters. The number of rotatable bonds is 2. The van der Waals surface area contributed by atoms with Gasteiger partial charge >= 0.3 is 5.97 Å². The molecule has 0 radical (unpaired) electrons. The Morgan fingerprint density at radius 1 is 1.47 bits per heavy atom. The second-order valence-corrected chi connectivity index (χ2v) is 5.41. The molecule has 4 nitrogen and oxygen atoms in total. The van der Waals surface area contributed by atoms with Crippen molar-refractivity contribution in [3.63, 3.8) is 0 Å². The number of aromatic carboxylic acids is 1. The van der Waals surface area contributed by atoms with Crippen molar-refractivity contribution in [3.8, 4) is 0 Å². The van der Waals surface area contributed by atoms with Crippen LogP contribution in [-0.2, 0) is 0 Å². The molecule has 0 aliphatic carbocycles. The van der Waals surface area contributed by atoms with Crippen LogP contribution < -0.4 is 10.6 Å². The van der Waals surface area contributed by atoms with Crippen LogP contribution in [0, 0.1) is 5.41 Å². The monoisotopic (exact) mass is 234 g/mol. The van der Waals surface area contributed by atoms with Gasteiger partial charge in [-0.15, -0.1) is 0 Å². The Balaban J connectivity index is 2.29. The molecule has 2 rings (SSSR count). The predicted octanol–water partition coefficient (Wildman–Crippen LogP) is 2.20. The lowest BCUT2D eigenvalue weighted by atomic mass is 9.93. The summed E-state index contributed by atoms with van der Waals surface area (Å²) in [5, 5.41) is 9.04. The molecule has 0 spiro atoms. The summed E-state index contributed by atoms with van der Waals surface area (Å²) in [5.74, 6) is -0.970. The van der Waals surface area contributed by atoms with E-state index in [9.17, 15) is 4.79 Å². The lowest BCUT2D eigenvalue weighted by molar-refractivity contribution is 0.0698. The Morgan fingerprint density at radius 3 is 2.71 bits per heavy atom. The fourth-order valence-electron chi connectivity index (χ4n) is 2.26. The number of anilines is 2. The van der Waals surface area contributed by atoms with Gasteiger partial charge in [0.25, 0.3) is 0 Å². The summed E-state index contributed by atoms with van der Waals surface area (Å²) in [7, 11) is 0. The van der Waals surface area contributed by atoms with Crippen LogP contribution in [0.4, 0.5) is 11.4 Å². The molecule has 1 aromatic rings. The van der Waals surface area contributed by atoms with Crippen LogP contribution in [0.15, 0.2) is 18.2 Å². The summed E-state index contributed by atoms with van der Waals surface area (Å²) in [5.41, 5.74) is 7.39. The molecule has 1 heterocycles. The standard InChI is InChI=1S/C13H18N2O2/c1-13(2)5-6-15(8-13)9-3-4-11(14)10(7-9)12(16)17/h3-4,7H,5-6,8,14H2,1-2H3,(H,16,17). The number of nitrogens with two attached hydrogens (primary N) is 1. The minimum absolute atomic E-state index is 0.187. The number of nitrogen functional groups attached to an aromatic ring is 1. The number of nitrogens with zero attached hydrogens (tertiary/aromatic N) is 1. The lowest BCUT2D eigenvalue weighted by Crippen LogP contribution is -2.23. The molecule has 17 heavy (non-hydrogen) atoms. The van der Waals surface area contributed by atoms with Crippen molar-refractivity contribution in [1.82, 2.24) is 0 Å². The van der Waals surface area contributed by atoms with E-state index in [4.69, 9.17) is 10.8 Å². The predicted molar refractivity (Wildman–Crippen MR) is 68.4 cm³/mol. The molecule has 0 aromatic heterocycles. The van der Waals surface area contributed by atoms with Crippen molar-refractivity contribution in [2.45, 2.75) is 20.3 Å². The third kappa shape index (κ3) is 2.35. The van der Waals surface area contributed by atoms with Crippen LogP contribution in [-0.4, -0.2) is 24.2 Å². The van der Waals surface area contributed by atoms with Crippen molar-refractivity contribution in [2.75, 3.05) is 23.7 Å². The minimum atomic E-state index is -0.970. The fourth-order valence-corrected chi connectivity index (χ4v) is 2.26. The quantitative estimate of drug-likeness (QED) is 0.770. The van der Waals surface area contributed by atoms with E-state index in [1.807, 2.05) is 6.07 Å². The molecule has 0 unspecified atom stereocenters. The van der Waals surface area contributed by atoms with Gasteiger partial charge in [-0.05, 0) is 30.0 Å². The molecule has 3 N–H and O–H groups in total. The molecule has 92 valence electrons. The van der Waals surface area contributed by atoms with Crippen LogP contribution in [0.25, 0.3) is 0 Å². The molecule has 0 saturated carbocycles. The SMILES string of the molecule is CC1(C)CCN(c2ccc(N)c(C(=O)O)c2)C1. The van der Waals surface area contributed by atoms with E-state index in [0.717, 1.165) is 25.2 Å². The maximum absolute atomic E-state index is 11.0. The first kappa shape index (κ1) is 11.8. The third-order valence-electron chi connectivity index (χ3n) is 3.31. The summed E-state index contributed by atoms with van der Waals surface area (Å²) < 4.78 is 0. The Morgan fingerprint density at radius 2 is 2.18 bits per heavy atom. The second kappa shape index (κ2) is 3.95. The third-order valence-corrected chi connectivity index (χ3v) is 3.31. The van der Waals surface area contributed by atoms with E-state index in [1.54, 1.807) is 12.1 Å². The van der Waals surface area contributed by atoms with E-state index >= 15 is 0 Å². The van der Waals surface area contributed by atoms with Crippen LogP contribution >= 0.6 is 0 Å². The molecule has 0 amide bonds. The van der Waals surface area contributed by atoms with Gasteiger partial charge in [-0.25, -0.2) is 4.79 Å². The maximum atomic E-state index is 11.0. The summed E-state index contributed by atoms with van der Waals surface area (Å²) in [6.45, 7) is 6.37. The van der Waals surface area contributed by atoms with E-state index in [2.05, 4.69) is 18.7 Å². The van der Waals surface area contributed by atoms with Gasteiger partial charge < -0.3 is 15.7 Å². The zero-order valence-electron chi connectivity index (χ0n) is 10.2. The van der Waals surface area contributed by atoms with Crippen molar-refractivity contribution >= 4 is 17.3 Å². The number of hydrogen-bond acceptors (Lipinski definition) is 3. The molecule has 4 heteroatoms. The zero-order chi connectivity index (χ0) is 12.6. The number of carboxylic acids is 1. The first-order valence-corrected chi connectivity index (χ1v) is 5.77. The van der Waals surface area contributed by atoms with Crippen LogP contribution in [0.1, 0.15) is 30.6 Å². The highest BCUT2D eigenvalue weighted by Gasteiger charge is 2.29. The van der Waals surface area contributed by atoms with E-state index < -0.39 is 5.97 Å². The van der Waals surface area contributed by atoms with Gasteiger partial charge in [0.05, 0.1) is 5.56 Å². The van der Waals surface area contributed by atoms with Crippen molar-refractivity contribution < 1.29 is 9.90 Å². The van der Waals surface area contributed by atoms with Gasteiger partial charge in [0.1, 0.15) is 0 Å². The fraction of sp³-hybridized carbons (Fsp3) is 0.462. The van der Waals surface area contributed by atoms with Crippen molar-refractivity contribution in [1.29, 1.82) is 0 Å². The number of carbonyl (C=O) groups is 1. The molecule has 1 aromatic carbocycles. The van der Waals surface area contributed by atoms with E-state index in [0.29, 0.717) is 11.1 Å². The van der Waals surface area contributed by atoms with Crippen LogP contribution in [0.2, 0.25) is 0 Å². The Kier molecular flexibility index (Phi) is 2.73. The van der Waals surface area contributed by atoms with Gasteiger partial charge in [-0.1, -0.05) is 13.8 Å². The summed E-state index contributed by atoms with van der Waals surface area (Å²) in [4.78, 5) is 13.2. The highest BCUT2D eigenvalue weighted by Crippen LogP contribution is 2.33. The number of benzene rings is 1. The summed E-state index contributed by atoms with van der Waals surface area (Å²) in [6.07, 6.45) is 1.12. The molecular weight excluding hydrogens is 216 g/mol. The average molecular weight is 234 g/mol. The van der Waals surface area contributed by atoms with Gasteiger partial charge in [-0.3, -0.25) is 0 Å². The molecule has 0 bridgehead atoms. The van der Waals surface area contributed by atoms with Crippen LogP contribution in [0.3, 0.4) is 0 Å². The average Bonchev–Trinajstić information content (AvgIpc) is 2.59. The molecule has 1 saturated heterocycles. The molecule has 1 aliphatic rings. The first-order chi connectivity index (χ1) is 7.89.